The average Bonchev–Trinajstić information content (AvgIpc) is 3.19. The quantitative estimate of drug-likeness (QED) is 0.714. The zero-order chi connectivity index (χ0) is 19.7. The number of hydrogen-bond donors (Lipinski definition) is 1. The average molecular weight is 400 g/mol. The van der Waals surface area contributed by atoms with Gasteiger partial charge in [-0.15, -0.1) is 0 Å². The van der Waals surface area contributed by atoms with Crippen LogP contribution in [0.15, 0.2) is 47.3 Å². The first-order valence-corrected chi connectivity index (χ1v) is 9.69. The van der Waals surface area contributed by atoms with Crippen molar-refractivity contribution in [2.45, 2.75) is 25.4 Å². The molecule has 1 aromatic carbocycles. The zero-order valence-corrected chi connectivity index (χ0v) is 16.4. The Labute approximate surface area is 168 Å². The molecule has 6 nitrogen and oxygen atoms in total. The third-order valence-corrected chi connectivity index (χ3v) is 5.55. The summed E-state index contributed by atoms with van der Waals surface area (Å²) in [6.45, 7) is 1.32. The van der Waals surface area contributed by atoms with Gasteiger partial charge in [0.25, 0.3) is 5.56 Å². The molecule has 0 bridgehead atoms. The van der Waals surface area contributed by atoms with Crippen LogP contribution in [0.4, 0.5) is 5.82 Å². The third kappa shape index (κ3) is 3.45. The minimum absolute atomic E-state index is 0.0780. The van der Waals surface area contributed by atoms with Crippen molar-refractivity contribution in [2.75, 3.05) is 25.2 Å². The van der Waals surface area contributed by atoms with E-state index in [-0.39, 0.29) is 18.2 Å². The summed E-state index contributed by atoms with van der Waals surface area (Å²) in [7, 11) is 1.57. The number of nitrogens with zero attached hydrogens (tertiary/aromatic N) is 3. The van der Waals surface area contributed by atoms with Gasteiger partial charge in [-0.05, 0) is 48.7 Å². The van der Waals surface area contributed by atoms with Crippen molar-refractivity contribution in [1.29, 1.82) is 0 Å². The molecule has 0 radical (unpaired) electrons. The molecule has 1 N–H and O–H groups in total. The van der Waals surface area contributed by atoms with E-state index in [0.717, 1.165) is 36.2 Å². The van der Waals surface area contributed by atoms with E-state index >= 15 is 0 Å². The van der Waals surface area contributed by atoms with Crippen molar-refractivity contribution in [3.05, 3.63) is 63.4 Å². The third-order valence-electron chi connectivity index (χ3n) is 5.26. The predicted octanol–water partition coefficient (Wildman–Crippen LogP) is 3.07. The van der Waals surface area contributed by atoms with Gasteiger partial charge in [0.2, 0.25) is 0 Å². The summed E-state index contributed by atoms with van der Waals surface area (Å²) in [6.07, 6.45) is 1.97. The number of aliphatic hydroxyl groups excluding tert-OH is 1. The molecule has 146 valence electrons. The molecule has 1 saturated heterocycles. The van der Waals surface area contributed by atoms with Crippen LogP contribution in [0.25, 0.3) is 11.0 Å². The number of aromatic nitrogens is 2. The first kappa shape index (κ1) is 18.8. The molecule has 1 aliphatic heterocycles. The van der Waals surface area contributed by atoms with Gasteiger partial charge in [-0.25, -0.2) is 4.98 Å². The van der Waals surface area contributed by atoms with Gasteiger partial charge in [0.1, 0.15) is 17.2 Å². The van der Waals surface area contributed by atoms with Crippen LogP contribution in [0.1, 0.15) is 18.4 Å². The Hall–Kier alpha value is -2.57. The molecule has 28 heavy (non-hydrogen) atoms. The van der Waals surface area contributed by atoms with Crippen LogP contribution in [0.5, 0.6) is 5.75 Å². The Morgan fingerprint density at radius 3 is 2.82 bits per heavy atom. The van der Waals surface area contributed by atoms with E-state index in [2.05, 4.69) is 4.90 Å². The lowest BCUT2D eigenvalue weighted by Gasteiger charge is -2.24. The number of methoxy groups -OCH3 is 1. The van der Waals surface area contributed by atoms with Crippen LogP contribution >= 0.6 is 11.6 Å². The summed E-state index contributed by atoms with van der Waals surface area (Å²) in [4.78, 5) is 19.5. The monoisotopic (exact) mass is 399 g/mol. The molecule has 1 atom stereocenters. The van der Waals surface area contributed by atoms with Crippen molar-refractivity contribution in [3.63, 3.8) is 0 Å². The van der Waals surface area contributed by atoms with Crippen LogP contribution in [-0.4, -0.2) is 41.0 Å². The van der Waals surface area contributed by atoms with E-state index in [1.54, 1.807) is 35.9 Å². The highest BCUT2D eigenvalue weighted by atomic mass is 35.5. The summed E-state index contributed by atoms with van der Waals surface area (Å²) in [5, 5.41) is 11.0. The Balaban J connectivity index is 1.76. The van der Waals surface area contributed by atoms with Crippen LogP contribution in [0.3, 0.4) is 0 Å². The Morgan fingerprint density at radius 1 is 1.25 bits per heavy atom. The van der Waals surface area contributed by atoms with Crippen molar-refractivity contribution in [3.8, 4) is 5.75 Å². The molecular weight excluding hydrogens is 378 g/mol. The maximum atomic E-state index is 12.6. The number of benzene rings is 1. The summed E-state index contributed by atoms with van der Waals surface area (Å²) in [6, 6.07) is 12.8. The lowest BCUT2D eigenvalue weighted by molar-refractivity contribution is 0.266. The first-order chi connectivity index (χ1) is 13.6. The molecule has 2 aromatic heterocycles. The van der Waals surface area contributed by atoms with Crippen LogP contribution in [-0.2, 0) is 6.54 Å². The van der Waals surface area contributed by atoms with Crippen LogP contribution < -0.4 is 15.2 Å². The standard InChI is InChI=1S/C21H22ClN3O3/c1-28-18-7-4-14(11-17(18)22)12-25-20(27)9-6-15-5-8-19(23-21(15)25)24-10-2-3-16(24)13-26/h4-9,11,16,26H,2-3,10,12-13H2,1H3/t16-/m0/s1. The van der Waals surface area contributed by atoms with Crippen LogP contribution in [0, 0.1) is 0 Å². The smallest absolute Gasteiger partial charge is 0.252 e. The number of rotatable bonds is 5. The van der Waals surface area contributed by atoms with Gasteiger partial charge in [0, 0.05) is 18.0 Å². The molecule has 7 heteroatoms. The van der Waals surface area contributed by atoms with E-state index in [9.17, 15) is 9.90 Å². The second-order valence-corrected chi connectivity index (χ2v) is 7.39. The SMILES string of the molecule is COc1ccc(Cn2c(=O)ccc3ccc(N4CCC[C@H]4CO)nc32)cc1Cl. The number of fused-ring (bicyclic) bond motifs is 1. The lowest BCUT2D eigenvalue weighted by atomic mass is 10.2. The first-order valence-electron chi connectivity index (χ1n) is 9.31. The number of ether oxygens (including phenoxy) is 1. The van der Waals surface area contributed by atoms with Gasteiger partial charge in [0.05, 0.1) is 31.3 Å². The van der Waals surface area contributed by atoms with E-state index in [0.29, 0.717) is 23.0 Å². The fourth-order valence-corrected chi connectivity index (χ4v) is 4.06. The highest BCUT2D eigenvalue weighted by molar-refractivity contribution is 6.32. The number of halogens is 1. The molecule has 4 rings (SSSR count). The Kier molecular flexibility index (Phi) is 5.24. The number of aliphatic hydroxyl groups is 1. The van der Waals surface area contributed by atoms with Gasteiger partial charge in [-0.3, -0.25) is 9.36 Å². The van der Waals surface area contributed by atoms with E-state index < -0.39 is 0 Å². The predicted molar refractivity (Wildman–Crippen MR) is 111 cm³/mol. The van der Waals surface area contributed by atoms with E-state index in [1.165, 1.54) is 0 Å². The second kappa shape index (κ2) is 7.81. The van der Waals surface area contributed by atoms with Crippen molar-refractivity contribution >= 4 is 28.5 Å². The number of hydrogen-bond acceptors (Lipinski definition) is 5. The Morgan fingerprint density at radius 2 is 2.07 bits per heavy atom. The normalized spacial score (nSPS) is 16.7. The van der Waals surface area contributed by atoms with Gasteiger partial charge >= 0.3 is 0 Å². The lowest BCUT2D eigenvalue weighted by Crippen LogP contribution is -2.33. The summed E-state index contributed by atoms with van der Waals surface area (Å²) < 4.78 is 6.85. The highest BCUT2D eigenvalue weighted by Gasteiger charge is 2.25. The molecule has 0 spiro atoms. The maximum absolute atomic E-state index is 12.6. The topological polar surface area (TPSA) is 67.6 Å². The fraction of sp³-hybridized carbons (Fsp3) is 0.333. The number of anilines is 1. The minimum atomic E-state index is -0.121. The van der Waals surface area contributed by atoms with E-state index in [1.807, 2.05) is 18.2 Å². The molecule has 1 aliphatic rings. The largest absolute Gasteiger partial charge is 0.495 e. The van der Waals surface area contributed by atoms with Crippen LogP contribution in [0.2, 0.25) is 5.02 Å². The van der Waals surface area contributed by atoms with Gasteiger partial charge in [-0.1, -0.05) is 17.7 Å². The van der Waals surface area contributed by atoms with Crippen molar-refractivity contribution in [1.82, 2.24) is 9.55 Å². The Bertz CT molecular complexity index is 1070. The molecule has 1 fully saturated rings. The minimum Gasteiger partial charge on any atom is -0.495 e. The van der Waals surface area contributed by atoms with Gasteiger partial charge in [-0.2, -0.15) is 0 Å². The molecule has 3 heterocycles. The van der Waals surface area contributed by atoms with Crippen molar-refractivity contribution < 1.29 is 9.84 Å². The summed E-state index contributed by atoms with van der Waals surface area (Å²) >= 11 is 6.24. The van der Waals surface area contributed by atoms with Gasteiger partial charge < -0.3 is 14.7 Å². The molecular formula is C21H22ClN3O3. The van der Waals surface area contributed by atoms with Crippen molar-refractivity contribution in [2.24, 2.45) is 0 Å². The highest BCUT2D eigenvalue weighted by Crippen LogP contribution is 2.27. The second-order valence-electron chi connectivity index (χ2n) is 6.98. The number of pyridine rings is 2. The molecule has 0 aliphatic carbocycles. The molecule has 0 amide bonds. The summed E-state index contributed by atoms with van der Waals surface area (Å²) in [5.41, 5.74) is 1.40. The van der Waals surface area contributed by atoms with Gasteiger partial charge in [0.15, 0.2) is 0 Å². The molecule has 0 unspecified atom stereocenters. The molecule has 3 aromatic rings. The van der Waals surface area contributed by atoms with E-state index in [4.69, 9.17) is 21.3 Å². The summed E-state index contributed by atoms with van der Waals surface area (Å²) in [5.74, 6) is 1.39. The fourth-order valence-electron chi connectivity index (χ4n) is 3.78. The molecule has 0 saturated carbocycles. The maximum Gasteiger partial charge on any atom is 0.252 e. The zero-order valence-electron chi connectivity index (χ0n) is 15.6.